The average molecular weight is 545 g/mol. The summed E-state index contributed by atoms with van der Waals surface area (Å²) >= 11 is 0. The summed E-state index contributed by atoms with van der Waals surface area (Å²) < 4.78 is 39.0. The van der Waals surface area contributed by atoms with Crippen molar-refractivity contribution >= 4 is 34.3 Å². The van der Waals surface area contributed by atoms with E-state index in [1.165, 1.54) is 30.2 Å². The van der Waals surface area contributed by atoms with E-state index in [1.807, 2.05) is 24.3 Å². The van der Waals surface area contributed by atoms with Gasteiger partial charge in [-0.2, -0.15) is 13.2 Å². The Hall–Kier alpha value is -4.03. The monoisotopic (exact) mass is 544 g/mol. The fraction of sp³-hybridized carbons (Fsp3) is 0.333. The highest BCUT2D eigenvalue weighted by molar-refractivity contribution is 6.03. The summed E-state index contributed by atoms with van der Waals surface area (Å²) in [6.07, 6.45) is -3.17. The van der Waals surface area contributed by atoms with Gasteiger partial charge in [0.15, 0.2) is 0 Å². The molecule has 3 aromatic rings. The molecule has 1 heterocycles. The number of aromatic nitrogens is 1. The molecule has 2 unspecified atom stereocenters. The van der Waals surface area contributed by atoms with Crippen molar-refractivity contribution in [2.75, 3.05) is 31.5 Å². The maximum absolute atomic E-state index is 13.3. The van der Waals surface area contributed by atoms with Crippen LogP contribution in [-0.4, -0.2) is 59.8 Å². The van der Waals surface area contributed by atoms with E-state index in [0.717, 1.165) is 23.0 Å². The summed E-state index contributed by atoms with van der Waals surface area (Å²) in [5.74, 6) is -3.01. The zero-order chi connectivity index (χ0) is 28.6. The number of amides is 3. The predicted molar refractivity (Wildman–Crippen MR) is 141 cm³/mol. The van der Waals surface area contributed by atoms with Crippen molar-refractivity contribution in [1.82, 2.24) is 15.2 Å². The summed E-state index contributed by atoms with van der Waals surface area (Å²) in [4.78, 5) is 44.9. The number of carbonyl (C=O) groups is 3. The molecule has 12 heteroatoms. The van der Waals surface area contributed by atoms with Crippen LogP contribution in [0.5, 0.6) is 0 Å². The molecule has 1 aromatic heterocycles. The second-order valence-electron chi connectivity index (χ2n) is 8.99. The number of nitrogens with zero attached hydrogens (tertiary/aromatic N) is 2. The lowest BCUT2D eigenvalue weighted by atomic mass is 10.0. The van der Waals surface area contributed by atoms with Gasteiger partial charge in [0.2, 0.25) is 17.7 Å². The molecule has 39 heavy (non-hydrogen) atoms. The van der Waals surface area contributed by atoms with Gasteiger partial charge in [-0.1, -0.05) is 30.3 Å². The van der Waals surface area contributed by atoms with E-state index in [1.54, 1.807) is 6.07 Å². The third-order valence-electron chi connectivity index (χ3n) is 6.09. The fourth-order valence-electron chi connectivity index (χ4n) is 3.97. The van der Waals surface area contributed by atoms with E-state index in [9.17, 15) is 27.6 Å². The third kappa shape index (κ3) is 7.98. The summed E-state index contributed by atoms with van der Waals surface area (Å²) in [5.41, 5.74) is 11.8. The molecule has 0 saturated heterocycles. The van der Waals surface area contributed by atoms with Gasteiger partial charge < -0.3 is 27.0 Å². The third-order valence-corrected chi connectivity index (χ3v) is 6.09. The second kappa shape index (κ2) is 13.2. The first-order chi connectivity index (χ1) is 18.5. The molecule has 2 aromatic carbocycles. The lowest BCUT2D eigenvalue weighted by molar-refractivity contribution is -0.142. The molecule has 2 atom stereocenters. The Labute approximate surface area is 223 Å². The normalized spacial score (nSPS) is 13.0. The Kier molecular flexibility index (Phi) is 9.96. The van der Waals surface area contributed by atoms with Crippen molar-refractivity contribution in [2.24, 2.45) is 17.4 Å². The molecule has 9 nitrogen and oxygen atoms in total. The summed E-state index contributed by atoms with van der Waals surface area (Å²) in [6, 6.07) is 12.1. The van der Waals surface area contributed by atoms with Crippen LogP contribution in [0.1, 0.15) is 18.1 Å². The summed E-state index contributed by atoms with van der Waals surface area (Å²) in [6.45, 7) is 2.17. The minimum Gasteiger partial charge on any atom is -0.343 e. The Balaban J connectivity index is 1.82. The second-order valence-corrected chi connectivity index (χ2v) is 8.99. The molecule has 6 N–H and O–H groups in total. The van der Waals surface area contributed by atoms with Gasteiger partial charge >= 0.3 is 6.18 Å². The smallest absolute Gasteiger partial charge is 0.343 e. The highest BCUT2D eigenvalue weighted by Crippen LogP contribution is 2.29. The van der Waals surface area contributed by atoms with Crippen molar-refractivity contribution in [3.63, 3.8) is 0 Å². The molecule has 0 aliphatic rings. The molecule has 0 fully saturated rings. The first kappa shape index (κ1) is 29.5. The molecule has 3 rings (SSSR count). The fourth-order valence-corrected chi connectivity index (χ4v) is 3.97. The van der Waals surface area contributed by atoms with Crippen molar-refractivity contribution in [3.05, 3.63) is 71.9 Å². The standard InChI is InChI=1S/C27H31F3N6O3/c1-17(26(39)36(12-10-31)13-11-32)24(37)35-23(14-18-6-8-20(9-7-18)27(28,29)30)25(38)34-21-15-19-4-2-3-5-22(19)33-16-21/h2-9,15-17,23H,10-14,31-32H2,1H3,(H,34,38)(H,35,37). The quantitative estimate of drug-likeness (QED) is 0.273. The van der Waals surface area contributed by atoms with Gasteiger partial charge in [0.1, 0.15) is 12.0 Å². The average Bonchev–Trinajstić information content (AvgIpc) is 2.91. The molecule has 0 bridgehead atoms. The Morgan fingerprint density at radius 2 is 1.62 bits per heavy atom. The van der Waals surface area contributed by atoms with Gasteiger partial charge in [0, 0.05) is 38.0 Å². The van der Waals surface area contributed by atoms with Crippen LogP contribution in [0.2, 0.25) is 0 Å². The van der Waals surface area contributed by atoms with Crippen LogP contribution in [0.3, 0.4) is 0 Å². The maximum atomic E-state index is 13.3. The number of hydrogen-bond donors (Lipinski definition) is 4. The highest BCUT2D eigenvalue weighted by Gasteiger charge is 2.32. The van der Waals surface area contributed by atoms with Crippen LogP contribution in [0, 0.1) is 5.92 Å². The lowest BCUT2D eigenvalue weighted by Crippen LogP contribution is -2.51. The van der Waals surface area contributed by atoms with Crippen molar-refractivity contribution in [3.8, 4) is 0 Å². The van der Waals surface area contributed by atoms with Gasteiger partial charge in [-0.15, -0.1) is 0 Å². The van der Waals surface area contributed by atoms with E-state index >= 15 is 0 Å². The predicted octanol–water partition coefficient (Wildman–Crippen LogP) is 2.30. The number of carbonyl (C=O) groups excluding carboxylic acids is 3. The Bertz CT molecular complexity index is 1290. The maximum Gasteiger partial charge on any atom is 0.416 e. The van der Waals surface area contributed by atoms with E-state index in [4.69, 9.17) is 11.5 Å². The molecule has 0 saturated carbocycles. The van der Waals surface area contributed by atoms with E-state index in [-0.39, 0.29) is 32.6 Å². The van der Waals surface area contributed by atoms with Gasteiger partial charge in [-0.3, -0.25) is 19.4 Å². The first-order valence-electron chi connectivity index (χ1n) is 12.3. The number of fused-ring (bicyclic) bond motifs is 1. The molecule has 0 aliphatic heterocycles. The molecule has 0 spiro atoms. The molecular formula is C27H31F3N6O3. The zero-order valence-electron chi connectivity index (χ0n) is 21.4. The number of nitrogens with two attached hydrogens (primary N) is 2. The van der Waals surface area contributed by atoms with E-state index in [0.29, 0.717) is 11.3 Å². The number of halogens is 3. The van der Waals surface area contributed by atoms with Gasteiger partial charge in [0.25, 0.3) is 0 Å². The number of alkyl halides is 3. The summed E-state index contributed by atoms with van der Waals surface area (Å²) in [5, 5.41) is 6.06. The van der Waals surface area contributed by atoms with E-state index in [2.05, 4.69) is 15.6 Å². The number of nitrogens with one attached hydrogen (secondary N) is 2. The molecule has 0 radical (unpaired) electrons. The van der Waals surface area contributed by atoms with Crippen LogP contribution in [0.15, 0.2) is 60.8 Å². The number of hydrogen-bond acceptors (Lipinski definition) is 6. The van der Waals surface area contributed by atoms with Crippen LogP contribution in [-0.2, 0) is 27.0 Å². The first-order valence-corrected chi connectivity index (χ1v) is 12.3. The number of anilines is 1. The number of pyridine rings is 1. The van der Waals surface area contributed by atoms with Crippen molar-refractivity contribution < 1.29 is 27.6 Å². The molecular weight excluding hydrogens is 513 g/mol. The molecule has 3 amide bonds. The Morgan fingerprint density at radius 3 is 2.23 bits per heavy atom. The minimum absolute atomic E-state index is 0.118. The lowest BCUT2D eigenvalue weighted by Gasteiger charge is -2.26. The largest absolute Gasteiger partial charge is 0.416 e. The van der Waals surface area contributed by atoms with E-state index < -0.39 is 41.4 Å². The Morgan fingerprint density at radius 1 is 0.974 bits per heavy atom. The van der Waals surface area contributed by atoms with Gasteiger partial charge in [-0.25, -0.2) is 0 Å². The topological polar surface area (TPSA) is 143 Å². The zero-order valence-corrected chi connectivity index (χ0v) is 21.4. The molecule has 208 valence electrons. The van der Waals surface area contributed by atoms with Crippen molar-refractivity contribution in [2.45, 2.75) is 25.6 Å². The van der Waals surface area contributed by atoms with Crippen LogP contribution in [0.25, 0.3) is 10.9 Å². The number of rotatable bonds is 11. The number of para-hydroxylation sites is 1. The highest BCUT2D eigenvalue weighted by atomic mass is 19.4. The summed E-state index contributed by atoms with van der Waals surface area (Å²) in [7, 11) is 0. The van der Waals surface area contributed by atoms with Crippen molar-refractivity contribution in [1.29, 1.82) is 0 Å². The minimum atomic E-state index is -4.51. The molecule has 0 aliphatic carbocycles. The van der Waals surface area contributed by atoms with Gasteiger partial charge in [-0.05, 0) is 36.8 Å². The van der Waals surface area contributed by atoms with Crippen LogP contribution < -0.4 is 22.1 Å². The van der Waals surface area contributed by atoms with Crippen LogP contribution >= 0.6 is 0 Å². The van der Waals surface area contributed by atoms with Crippen LogP contribution in [0.4, 0.5) is 18.9 Å². The number of benzene rings is 2. The van der Waals surface area contributed by atoms with Gasteiger partial charge in [0.05, 0.1) is 23.0 Å². The SMILES string of the molecule is CC(C(=O)NC(Cc1ccc(C(F)(F)F)cc1)C(=O)Nc1cnc2ccccc2c1)C(=O)N(CCN)CCN.